The maximum Gasteiger partial charge on any atom is 0.133 e. The highest BCUT2D eigenvalue weighted by atomic mass is 14.9. The van der Waals surface area contributed by atoms with Crippen molar-refractivity contribution < 1.29 is 0 Å². The third-order valence-corrected chi connectivity index (χ3v) is 2.12. The van der Waals surface area contributed by atoms with Gasteiger partial charge in [-0.15, -0.1) is 0 Å². The Balaban J connectivity index is 2.84. The van der Waals surface area contributed by atoms with Crippen LogP contribution in [0.4, 0.5) is 5.82 Å². The van der Waals surface area contributed by atoms with E-state index < -0.39 is 0 Å². The van der Waals surface area contributed by atoms with E-state index >= 15 is 0 Å². The Hall–Kier alpha value is -1.12. The fraction of sp³-hybridized carbons (Fsp3) is 0.636. The van der Waals surface area contributed by atoms with Crippen LogP contribution in [0.5, 0.6) is 0 Å². The van der Waals surface area contributed by atoms with Gasteiger partial charge in [-0.05, 0) is 12.8 Å². The molecule has 0 aliphatic carbocycles. The minimum atomic E-state index is 0.346. The average Bonchev–Trinajstić information content (AvgIpc) is 2.14. The van der Waals surface area contributed by atoms with E-state index in [-0.39, 0.29) is 0 Å². The summed E-state index contributed by atoms with van der Waals surface area (Å²) in [6.45, 7) is 6.34. The molecule has 1 heterocycles. The smallest absolute Gasteiger partial charge is 0.133 e. The number of hydrogen-bond acceptors (Lipinski definition) is 3. The summed E-state index contributed by atoms with van der Waals surface area (Å²) in [4.78, 5) is 8.69. The number of anilines is 1. The van der Waals surface area contributed by atoms with E-state index in [1.807, 2.05) is 6.07 Å². The third kappa shape index (κ3) is 2.98. The molecule has 0 radical (unpaired) electrons. The summed E-state index contributed by atoms with van der Waals surface area (Å²) in [5.41, 5.74) is 6.79. The van der Waals surface area contributed by atoms with Crippen LogP contribution in [-0.2, 0) is 6.42 Å². The molecule has 14 heavy (non-hydrogen) atoms. The van der Waals surface area contributed by atoms with Gasteiger partial charge in [0.1, 0.15) is 11.6 Å². The quantitative estimate of drug-likeness (QED) is 0.799. The average molecular weight is 193 g/mol. The molecule has 0 unspecified atom stereocenters. The predicted molar refractivity (Wildman–Crippen MR) is 59.1 cm³/mol. The van der Waals surface area contributed by atoms with Crippen LogP contribution in [0, 0.1) is 0 Å². The molecular weight excluding hydrogens is 174 g/mol. The minimum Gasteiger partial charge on any atom is -0.384 e. The van der Waals surface area contributed by atoms with Crippen LogP contribution < -0.4 is 5.73 Å². The van der Waals surface area contributed by atoms with Gasteiger partial charge in [0.05, 0.1) is 0 Å². The zero-order chi connectivity index (χ0) is 10.6. The van der Waals surface area contributed by atoms with E-state index in [4.69, 9.17) is 5.73 Å². The maximum absolute atomic E-state index is 5.72. The van der Waals surface area contributed by atoms with Crippen molar-refractivity contribution in [3.8, 4) is 0 Å². The Morgan fingerprint density at radius 2 is 2.07 bits per heavy atom. The first-order valence-electron chi connectivity index (χ1n) is 5.26. The standard InChI is InChI=1S/C11H19N3/c1-4-5-6-9-7-10(12)14-11(13-9)8(2)3/h7-8H,4-6H2,1-3H3,(H2,12,13,14). The first-order valence-corrected chi connectivity index (χ1v) is 5.26. The van der Waals surface area contributed by atoms with Crippen molar-refractivity contribution in [1.29, 1.82) is 0 Å². The van der Waals surface area contributed by atoms with Gasteiger partial charge < -0.3 is 5.73 Å². The highest BCUT2D eigenvalue weighted by Gasteiger charge is 2.05. The summed E-state index contributed by atoms with van der Waals surface area (Å²) >= 11 is 0. The summed E-state index contributed by atoms with van der Waals surface area (Å²) in [7, 11) is 0. The molecule has 0 amide bonds. The van der Waals surface area contributed by atoms with Gasteiger partial charge in [-0.3, -0.25) is 0 Å². The lowest BCUT2D eigenvalue weighted by atomic mass is 10.1. The Morgan fingerprint density at radius 3 is 2.64 bits per heavy atom. The van der Waals surface area contributed by atoms with Crippen molar-refractivity contribution >= 4 is 5.82 Å². The molecule has 0 spiro atoms. The number of nitrogen functional groups attached to an aromatic ring is 1. The van der Waals surface area contributed by atoms with E-state index in [0.717, 1.165) is 24.4 Å². The van der Waals surface area contributed by atoms with E-state index in [9.17, 15) is 0 Å². The van der Waals surface area contributed by atoms with Crippen LogP contribution in [0.15, 0.2) is 6.07 Å². The lowest BCUT2D eigenvalue weighted by Crippen LogP contribution is -2.04. The Kier molecular flexibility index (Phi) is 3.86. The fourth-order valence-corrected chi connectivity index (χ4v) is 1.28. The molecule has 1 aromatic heterocycles. The molecule has 2 N–H and O–H groups in total. The number of nitrogens with two attached hydrogens (primary N) is 1. The molecule has 1 rings (SSSR count). The molecule has 0 bridgehead atoms. The molecule has 0 aliphatic heterocycles. The molecule has 3 heteroatoms. The van der Waals surface area contributed by atoms with Crippen LogP contribution in [0.1, 0.15) is 51.0 Å². The van der Waals surface area contributed by atoms with Crippen molar-refractivity contribution in [3.05, 3.63) is 17.6 Å². The number of unbranched alkanes of at least 4 members (excludes halogenated alkanes) is 1. The van der Waals surface area contributed by atoms with E-state index in [1.54, 1.807) is 0 Å². The van der Waals surface area contributed by atoms with Gasteiger partial charge in [0.25, 0.3) is 0 Å². The molecule has 3 nitrogen and oxygen atoms in total. The summed E-state index contributed by atoms with van der Waals surface area (Å²) in [5, 5.41) is 0. The van der Waals surface area contributed by atoms with Gasteiger partial charge in [-0.2, -0.15) is 0 Å². The summed E-state index contributed by atoms with van der Waals surface area (Å²) < 4.78 is 0. The molecule has 78 valence electrons. The topological polar surface area (TPSA) is 51.8 Å². The minimum absolute atomic E-state index is 0.346. The second-order valence-corrected chi connectivity index (χ2v) is 3.90. The van der Waals surface area contributed by atoms with Gasteiger partial charge in [0.2, 0.25) is 0 Å². The lowest BCUT2D eigenvalue weighted by molar-refractivity contribution is 0.729. The van der Waals surface area contributed by atoms with Crippen molar-refractivity contribution in [2.45, 2.75) is 46.0 Å². The summed E-state index contributed by atoms with van der Waals surface area (Å²) in [6, 6.07) is 1.88. The molecule has 1 aromatic rings. The zero-order valence-electron chi connectivity index (χ0n) is 9.25. The van der Waals surface area contributed by atoms with Crippen LogP contribution in [0.25, 0.3) is 0 Å². The summed E-state index contributed by atoms with van der Waals surface area (Å²) in [5.74, 6) is 1.80. The van der Waals surface area contributed by atoms with Crippen molar-refractivity contribution in [3.63, 3.8) is 0 Å². The van der Waals surface area contributed by atoms with Crippen molar-refractivity contribution in [1.82, 2.24) is 9.97 Å². The van der Waals surface area contributed by atoms with E-state index in [1.165, 1.54) is 6.42 Å². The predicted octanol–water partition coefficient (Wildman–Crippen LogP) is 2.52. The van der Waals surface area contributed by atoms with E-state index in [2.05, 4.69) is 30.7 Å². The highest BCUT2D eigenvalue weighted by Crippen LogP contribution is 2.13. The molecule has 0 atom stereocenters. The number of rotatable bonds is 4. The highest BCUT2D eigenvalue weighted by molar-refractivity contribution is 5.30. The van der Waals surface area contributed by atoms with Gasteiger partial charge in [0.15, 0.2) is 0 Å². The van der Waals surface area contributed by atoms with Gasteiger partial charge >= 0.3 is 0 Å². The van der Waals surface area contributed by atoms with Crippen LogP contribution in [-0.4, -0.2) is 9.97 Å². The monoisotopic (exact) mass is 193 g/mol. The van der Waals surface area contributed by atoms with Crippen molar-refractivity contribution in [2.24, 2.45) is 0 Å². The zero-order valence-corrected chi connectivity index (χ0v) is 9.25. The van der Waals surface area contributed by atoms with Crippen LogP contribution in [0.3, 0.4) is 0 Å². The van der Waals surface area contributed by atoms with Crippen molar-refractivity contribution in [2.75, 3.05) is 5.73 Å². The number of aryl methyl sites for hydroxylation is 1. The van der Waals surface area contributed by atoms with Gasteiger partial charge in [0, 0.05) is 17.7 Å². The molecule has 0 saturated heterocycles. The number of nitrogens with zero attached hydrogens (tertiary/aromatic N) is 2. The number of aromatic nitrogens is 2. The largest absolute Gasteiger partial charge is 0.384 e. The second-order valence-electron chi connectivity index (χ2n) is 3.90. The second kappa shape index (κ2) is 4.94. The molecule has 0 saturated carbocycles. The van der Waals surface area contributed by atoms with E-state index in [0.29, 0.717) is 11.7 Å². The Labute approximate surface area is 85.8 Å². The Morgan fingerprint density at radius 1 is 1.36 bits per heavy atom. The third-order valence-electron chi connectivity index (χ3n) is 2.12. The van der Waals surface area contributed by atoms with Crippen LogP contribution in [0.2, 0.25) is 0 Å². The lowest BCUT2D eigenvalue weighted by Gasteiger charge is -2.07. The molecule has 0 aromatic carbocycles. The molecule has 0 aliphatic rings. The van der Waals surface area contributed by atoms with Gasteiger partial charge in [-0.1, -0.05) is 27.2 Å². The first kappa shape index (κ1) is 11.0. The van der Waals surface area contributed by atoms with Gasteiger partial charge in [-0.25, -0.2) is 9.97 Å². The molecule has 0 fully saturated rings. The Bertz CT molecular complexity index is 295. The normalized spacial score (nSPS) is 10.9. The first-order chi connectivity index (χ1) is 6.63. The SMILES string of the molecule is CCCCc1cc(N)nc(C(C)C)n1. The maximum atomic E-state index is 5.72. The number of hydrogen-bond donors (Lipinski definition) is 1. The fourth-order valence-electron chi connectivity index (χ4n) is 1.28. The summed E-state index contributed by atoms with van der Waals surface area (Å²) in [6.07, 6.45) is 3.35. The van der Waals surface area contributed by atoms with Crippen LogP contribution >= 0.6 is 0 Å². The molecular formula is C11H19N3.